The first-order chi connectivity index (χ1) is 11.7. The van der Waals surface area contributed by atoms with Gasteiger partial charge in [-0.05, 0) is 37.1 Å². The number of benzene rings is 1. The quantitative estimate of drug-likeness (QED) is 0.758. The van der Waals surface area contributed by atoms with Crippen LogP contribution in [0.5, 0.6) is 0 Å². The summed E-state index contributed by atoms with van der Waals surface area (Å²) >= 11 is 6.13. The van der Waals surface area contributed by atoms with E-state index in [-0.39, 0.29) is 11.9 Å². The van der Waals surface area contributed by atoms with Crippen LogP contribution in [0.4, 0.5) is 0 Å². The number of carbonyl (C=O) groups excluding carboxylic acids is 1. The van der Waals surface area contributed by atoms with Gasteiger partial charge < -0.3 is 5.32 Å². The van der Waals surface area contributed by atoms with Gasteiger partial charge in [-0.15, -0.1) is 0 Å². The molecule has 1 aliphatic rings. The summed E-state index contributed by atoms with van der Waals surface area (Å²) in [6.07, 6.45) is 7.90. The Hall–Kier alpha value is -2.40. The molecule has 5 nitrogen and oxygen atoms in total. The average Bonchev–Trinajstić information content (AvgIpc) is 3.27. The second-order valence-corrected chi connectivity index (χ2v) is 6.59. The van der Waals surface area contributed by atoms with E-state index in [2.05, 4.69) is 20.5 Å². The van der Waals surface area contributed by atoms with Crippen molar-refractivity contribution in [2.24, 2.45) is 0 Å². The van der Waals surface area contributed by atoms with E-state index in [4.69, 9.17) is 11.6 Å². The molecule has 122 valence electrons. The van der Waals surface area contributed by atoms with Crippen molar-refractivity contribution in [1.29, 1.82) is 0 Å². The predicted octanol–water partition coefficient (Wildman–Crippen LogP) is 3.95. The third-order valence-corrected chi connectivity index (χ3v) is 4.73. The molecule has 4 rings (SSSR count). The molecule has 0 unspecified atom stereocenters. The normalized spacial score (nSPS) is 15.0. The zero-order valence-corrected chi connectivity index (χ0v) is 13.8. The van der Waals surface area contributed by atoms with Crippen LogP contribution >= 0.6 is 11.6 Å². The van der Waals surface area contributed by atoms with Gasteiger partial charge in [0.25, 0.3) is 5.91 Å². The fourth-order valence-electron chi connectivity index (χ4n) is 3.26. The number of hydrogen-bond donors (Lipinski definition) is 2. The van der Waals surface area contributed by atoms with Crippen molar-refractivity contribution in [3.05, 3.63) is 47.2 Å². The fraction of sp³-hybridized carbons (Fsp3) is 0.278. The first-order valence-electron chi connectivity index (χ1n) is 8.11. The molecule has 1 fully saturated rings. The highest BCUT2D eigenvalue weighted by molar-refractivity contribution is 6.31. The predicted molar refractivity (Wildman–Crippen MR) is 94.1 cm³/mol. The van der Waals surface area contributed by atoms with E-state index in [1.807, 2.05) is 12.1 Å². The molecule has 0 saturated heterocycles. The number of amides is 1. The molecule has 3 aromatic rings. The largest absolute Gasteiger partial charge is 0.349 e. The Balaban J connectivity index is 1.81. The summed E-state index contributed by atoms with van der Waals surface area (Å²) in [6.45, 7) is 0. The maximum Gasteiger partial charge on any atom is 0.252 e. The Morgan fingerprint density at radius 3 is 2.83 bits per heavy atom. The summed E-state index contributed by atoms with van der Waals surface area (Å²) in [5, 5.41) is 11.3. The Bertz CT molecular complexity index is 885. The van der Waals surface area contributed by atoms with Gasteiger partial charge in [-0.1, -0.05) is 24.4 Å². The lowest BCUT2D eigenvalue weighted by atomic mass is 10.0. The van der Waals surface area contributed by atoms with Gasteiger partial charge >= 0.3 is 0 Å². The van der Waals surface area contributed by atoms with Gasteiger partial charge in [0.15, 0.2) is 0 Å². The summed E-state index contributed by atoms with van der Waals surface area (Å²) in [5.41, 5.74) is 2.91. The van der Waals surface area contributed by atoms with Crippen LogP contribution in [0.3, 0.4) is 0 Å². The van der Waals surface area contributed by atoms with Gasteiger partial charge in [-0.25, -0.2) is 4.98 Å². The molecule has 24 heavy (non-hydrogen) atoms. The molecule has 0 atom stereocenters. The monoisotopic (exact) mass is 340 g/mol. The zero-order chi connectivity index (χ0) is 16.5. The Kier molecular flexibility index (Phi) is 3.94. The molecule has 6 heteroatoms. The summed E-state index contributed by atoms with van der Waals surface area (Å²) in [6, 6.07) is 7.50. The molecular weight excluding hydrogens is 324 g/mol. The summed E-state index contributed by atoms with van der Waals surface area (Å²) in [4.78, 5) is 17.5. The van der Waals surface area contributed by atoms with Gasteiger partial charge in [0.1, 0.15) is 0 Å². The number of aromatic amines is 1. The van der Waals surface area contributed by atoms with Crippen LogP contribution < -0.4 is 5.32 Å². The second-order valence-electron chi connectivity index (χ2n) is 6.16. The summed E-state index contributed by atoms with van der Waals surface area (Å²) < 4.78 is 0. The zero-order valence-electron chi connectivity index (χ0n) is 13.1. The van der Waals surface area contributed by atoms with E-state index in [0.29, 0.717) is 10.6 Å². The highest BCUT2D eigenvalue weighted by atomic mass is 35.5. The van der Waals surface area contributed by atoms with E-state index in [9.17, 15) is 4.79 Å². The van der Waals surface area contributed by atoms with Crippen molar-refractivity contribution in [2.45, 2.75) is 31.7 Å². The van der Waals surface area contributed by atoms with Gasteiger partial charge in [0.05, 0.1) is 23.0 Å². The number of carbonyl (C=O) groups is 1. The molecule has 1 aromatic carbocycles. The molecule has 0 radical (unpaired) electrons. The number of fused-ring (bicyclic) bond motifs is 1. The van der Waals surface area contributed by atoms with Crippen LogP contribution in [-0.4, -0.2) is 27.1 Å². The van der Waals surface area contributed by atoms with Crippen LogP contribution in [0.15, 0.2) is 36.7 Å². The van der Waals surface area contributed by atoms with Gasteiger partial charge in [-0.3, -0.25) is 9.89 Å². The number of pyridine rings is 1. The molecule has 1 aliphatic carbocycles. The molecule has 2 heterocycles. The molecule has 0 spiro atoms. The summed E-state index contributed by atoms with van der Waals surface area (Å²) in [5.74, 6) is -0.0682. The number of hydrogen-bond acceptors (Lipinski definition) is 3. The van der Waals surface area contributed by atoms with Crippen molar-refractivity contribution < 1.29 is 4.79 Å². The van der Waals surface area contributed by atoms with E-state index in [0.717, 1.165) is 35.0 Å². The first kappa shape index (κ1) is 15.1. The SMILES string of the molecule is O=C(NC1CCCC1)c1cc(-c2cn[nH]c2)nc2ccc(Cl)cc12. The number of halogens is 1. The maximum atomic E-state index is 12.8. The van der Waals surface area contributed by atoms with Crippen molar-refractivity contribution in [2.75, 3.05) is 0 Å². The number of rotatable bonds is 3. The fourth-order valence-corrected chi connectivity index (χ4v) is 3.43. The molecule has 1 saturated carbocycles. The number of nitrogens with zero attached hydrogens (tertiary/aromatic N) is 2. The molecule has 0 aliphatic heterocycles. The van der Waals surface area contributed by atoms with Crippen LogP contribution in [0.2, 0.25) is 5.02 Å². The molecule has 1 amide bonds. The van der Waals surface area contributed by atoms with E-state index >= 15 is 0 Å². The lowest BCUT2D eigenvalue weighted by molar-refractivity contribution is 0.0939. The number of nitrogens with one attached hydrogen (secondary N) is 2. The van der Waals surface area contributed by atoms with Crippen LogP contribution in [-0.2, 0) is 0 Å². The topological polar surface area (TPSA) is 70.7 Å². The van der Waals surface area contributed by atoms with E-state index < -0.39 is 0 Å². The molecule has 2 aromatic heterocycles. The first-order valence-corrected chi connectivity index (χ1v) is 8.49. The highest BCUT2D eigenvalue weighted by Crippen LogP contribution is 2.27. The Morgan fingerprint density at radius 2 is 2.08 bits per heavy atom. The third-order valence-electron chi connectivity index (χ3n) is 4.50. The van der Waals surface area contributed by atoms with Crippen LogP contribution in [0, 0.1) is 0 Å². The Labute approximate surface area is 144 Å². The third kappa shape index (κ3) is 2.87. The van der Waals surface area contributed by atoms with Crippen molar-refractivity contribution in [3.8, 4) is 11.3 Å². The minimum absolute atomic E-state index is 0.0682. The average molecular weight is 341 g/mol. The molecular formula is C18H17ClN4O. The second kappa shape index (κ2) is 6.24. The lowest BCUT2D eigenvalue weighted by Gasteiger charge is -2.14. The minimum Gasteiger partial charge on any atom is -0.349 e. The van der Waals surface area contributed by atoms with Gasteiger partial charge in [0, 0.05) is 28.2 Å². The lowest BCUT2D eigenvalue weighted by Crippen LogP contribution is -2.32. The number of aromatic nitrogens is 3. The van der Waals surface area contributed by atoms with Gasteiger partial charge in [-0.2, -0.15) is 5.10 Å². The summed E-state index contributed by atoms with van der Waals surface area (Å²) in [7, 11) is 0. The van der Waals surface area contributed by atoms with Crippen molar-refractivity contribution >= 4 is 28.4 Å². The van der Waals surface area contributed by atoms with Crippen LogP contribution in [0.1, 0.15) is 36.0 Å². The molecule has 0 bridgehead atoms. The highest BCUT2D eigenvalue weighted by Gasteiger charge is 2.20. The van der Waals surface area contributed by atoms with E-state index in [1.165, 1.54) is 12.8 Å². The number of H-pyrrole nitrogens is 1. The molecule has 2 N–H and O–H groups in total. The minimum atomic E-state index is -0.0682. The smallest absolute Gasteiger partial charge is 0.252 e. The van der Waals surface area contributed by atoms with Gasteiger partial charge in [0.2, 0.25) is 0 Å². The van der Waals surface area contributed by atoms with Crippen molar-refractivity contribution in [3.63, 3.8) is 0 Å². The maximum absolute atomic E-state index is 12.8. The standard InChI is InChI=1S/C18H17ClN4O/c19-12-5-6-16-14(7-12)15(18(24)22-13-3-1-2-4-13)8-17(23-16)11-9-20-21-10-11/h5-10,13H,1-4H2,(H,20,21)(H,22,24). The Morgan fingerprint density at radius 1 is 1.25 bits per heavy atom. The van der Waals surface area contributed by atoms with E-state index in [1.54, 1.807) is 24.5 Å². The van der Waals surface area contributed by atoms with Crippen molar-refractivity contribution in [1.82, 2.24) is 20.5 Å². The van der Waals surface area contributed by atoms with Crippen LogP contribution in [0.25, 0.3) is 22.2 Å².